The first-order chi connectivity index (χ1) is 9.65. The molecule has 1 N–H and O–H groups in total. The van der Waals surface area contributed by atoms with Crippen LogP contribution in [0.15, 0.2) is 0 Å². The van der Waals surface area contributed by atoms with Crippen molar-refractivity contribution in [3.63, 3.8) is 0 Å². The highest BCUT2D eigenvalue weighted by Gasteiger charge is 2.34. The van der Waals surface area contributed by atoms with Crippen molar-refractivity contribution in [3.8, 4) is 0 Å². The summed E-state index contributed by atoms with van der Waals surface area (Å²) in [7, 11) is 6.79. The predicted octanol–water partition coefficient (Wildman–Crippen LogP) is 2.43. The van der Waals surface area contributed by atoms with Crippen LogP contribution in [0.3, 0.4) is 0 Å². The molecule has 0 amide bonds. The van der Waals surface area contributed by atoms with Crippen LogP contribution in [0.4, 0.5) is 0 Å². The molecule has 0 aromatic carbocycles. The minimum absolute atomic E-state index is 0.665. The summed E-state index contributed by atoms with van der Waals surface area (Å²) in [6, 6.07) is 1.34. The van der Waals surface area contributed by atoms with E-state index in [9.17, 15) is 0 Å². The second-order valence-electron chi connectivity index (χ2n) is 7.17. The van der Waals surface area contributed by atoms with E-state index < -0.39 is 0 Å². The lowest BCUT2D eigenvalue weighted by atomic mass is 9.75. The van der Waals surface area contributed by atoms with Crippen LogP contribution >= 0.6 is 0 Å². The zero-order valence-electron chi connectivity index (χ0n) is 14.1. The fourth-order valence-electron chi connectivity index (χ4n) is 4.39. The highest BCUT2D eigenvalue weighted by molar-refractivity contribution is 4.92. The summed E-state index contributed by atoms with van der Waals surface area (Å²) in [5, 5.41) is 3.68. The smallest absolute Gasteiger partial charge is 0.0375 e. The van der Waals surface area contributed by atoms with Gasteiger partial charge in [-0.2, -0.15) is 0 Å². The van der Waals surface area contributed by atoms with Gasteiger partial charge in [-0.05, 0) is 65.3 Å². The molecule has 2 rings (SSSR count). The topological polar surface area (TPSA) is 18.5 Å². The van der Waals surface area contributed by atoms with Crippen LogP contribution < -0.4 is 5.32 Å². The molecule has 1 aliphatic heterocycles. The van der Waals surface area contributed by atoms with Gasteiger partial charge in [0.05, 0.1) is 0 Å². The second-order valence-corrected chi connectivity index (χ2v) is 7.17. The normalized spacial score (nSPS) is 35.7. The highest BCUT2D eigenvalue weighted by Crippen LogP contribution is 2.34. The van der Waals surface area contributed by atoms with E-state index in [0.717, 1.165) is 11.8 Å². The molecule has 0 aromatic heterocycles. The predicted molar refractivity (Wildman–Crippen MR) is 87.1 cm³/mol. The van der Waals surface area contributed by atoms with Gasteiger partial charge < -0.3 is 15.1 Å². The third kappa shape index (κ3) is 3.96. The summed E-state index contributed by atoms with van der Waals surface area (Å²) in [5.74, 6) is 1.88. The van der Waals surface area contributed by atoms with Crippen LogP contribution in [-0.2, 0) is 0 Å². The van der Waals surface area contributed by atoms with Gasteiger partial charge in [0.25, 0.3) is 0 Å². The summed E-state index contributed by atoms with van der Waals surface area (Å²) in [5.41, 5.74) is 0. The first-order valence-electron chi connectivity index (χ1n) is 8.71. The highest BCUT2D eigenvalue weighted by atomic mass is 15.2. The molecule has 1 heterocycles. The van der Waals surface area contributed by atoms with Crippen LogP contribution in [0, 0.1) is 11.8 Å². The van der Waals surface area contributed by atoms with Gasteiger partial charge in [-0.3, -0.25) is 0 Å². The fourth-order valence-corrected chi connectivity index (χ4v) is 4.39. The third-order valence-corrected chi connectivity index (χ3v) is 5.84. The van der Waals surface area contributed by atoms with Crippen LogP contribution in [0.5, 0.6) is 0 Å². The van der Waals surface area contributed by atoms with Crippen molar-refractivity contribution in [2.75, 3.05) is 40.8 Å². The van der Waals surface area contributed by atoms with Crippen LogP contribution in [0.25, 0.3) is 0 Å². The number of nitrogens with one attached hydrogen (secondary N) is 1. The van der Waals surface area contributed by atoms with E-state index in [0.29, 0.717) is 12.1 Å². The summed E-state index contributed by atoms with van der Waals surface area (Å²) >= 11 is 0. The number of hydrogen-bond donors (Lipinski definition) is 1. The fraction of sp³-hybridized carbons (Fsp3) is 1.00. The standard InChI is InChI=1S/C17H35N3/c1-5-14-7-9-15(10-8-14)17(18-2)16-13-19(3)11-6-12-20(16)4/h14-18H,5-13H2,1-4H3. The SMILES string of the molecule is CCC1CCC(C(NC)C2CN(C)CCCN2C)CC1. The molecule has 2 unspecified atom stereocenters. The molecule has 2 fully saturated rings. The molecule has 3 nitrogen and oxygen atoms in total. The van der Waals surface area contributed by atoms with Crippen LogP contribution in [0.1, 0.15) is 45.4 Å². The molecular weight excluding hydrogens is 246 g/mol. The molecule has 0 spiro atoms. The van der Waals surface area contributed by atoms with Crippen molar-refractivity contribution in [2.24, 2.45) is 11.8 Å². The Morgan fingerprint density at radius 1 is 1.10 bits per heavy atom. The molecule has 1 saturated heterocycles. The molecule has 20 heavy (non-hydrogen) atoms. The minimum atomic E-state index is 0.665. The summed E-state index contributed by atoms with van der Waals surface area (Å²) in [6.45, 7) is 6.07. The molecule has 0 radical (unpaired) electrons. The van der Waals surface area contributed by atoms with Crippen LogP contribution in [0.2, 0.25) is 0 Å². The van der Waals surface area contributed by atoms with E-state index in [-0.39, 0.29) is 0 Å². The Hall–Kier alpha value is -0.120. The Labute approximate surface area is 126 Å². The van der Waals surface area contributed by atoms with Crippen molar-refractivity contribution < 1.29 is 0 Å². The maximum Gasteiger partial charge on any atom is 0.0375 e. The number of hydrogen-bond acceptors (Lipinski definition) is 3. The Kier molecular flexibility index (Phi) is 6.31. The third-order valence-electron chi connectivity index (χ3n) is 5.84. The van der Waals surface area contributed by atoms with Gasteiger partial charge >= 0.3 is 0 Å². The van der Waals surface area contributed by atoms with Gasteiger partial charge in [0.2, 0.25) is 0 Å². The van der Waals surface area contributed by atoms with E-state index in [1.165, 1.54) is 58.2 Å². The van der Waals surface area contributed by atoms with E-state index in [4.69, 9.17) is 0 Å². The molecular formula is C17H35N3. The van der Waals surface area contributed by atoms with Crippen molar-refractivity contribution in [2.45, 2.75) is 57.5 Å². The number of rotatable bonds is 4. The zero-order chi connectivity index (χ0) is 14.5. The Balaban J connectivity index is 1.99. The molecule has 0 aromatic rings. The lowest BCUT2D eigenvalue weighted by Gasteiger charge is -2.41. The van der Waals surface area contributed by atoms with Gasteiger partial charge in [0, 0.05) is 18.6 Å². The van der Waals surface area contributed by atoms with Crippen molar-refractivity contribution >= 4 is 0 Å². The van der Waals surface area contributed by atoms with Gasteiger partial charge in [-0.1, -0.05) is 26.2 Å². The molecule has 2 aliphatic rings. The molecule has 1 aliphatic carbocycles. The first-order valence-corrected chi connectivity index (χ1v) is 8.71. The number of nitrogens with zero attached hydrogens (tertiary/aromatic N) is 2. The monoisotopic (exact) mass is 281 g/mol. The van der Waals surface area contributed by atoms with E-state index in [1.807, 2.05) is 0 Å². The summed E-state index contributed by atoms with van der Waals surface area (Å²) < 4.78 is 0. The van der Waals surface area contributed by atoms with Crippen molar-refractivity contribution in [1.82, 2.24) is 15.1 Å². The minimum Gasteiger partial charge on any atom is -0.315 e. The van der Waals surface area contributed by atoms with Gasteiger partial charge in [-0.25, -0.2) is 0 Å². The van der Waals surface area contributed by atoms with Crippen molar-refractivity contribution in [3.05, 3.63) is 0 Å². The average molecular weight is 281 g/mol. The maximum atomic E-state index is 3.68. The van der Waals surface area contributed by atoms with E-state index in [2.05, 4.69) is 43.2 Å². The van der Waals surface area contributed by atoms with Crippen LogP contribution in [-0.4, -0.2) is 62.7 Å². The Morgan fingerprint density at radius 3 is 2.40 bits per heavy atom. The lowest BCUT2D eigenvalue weighted by Crippen LogP contribution is -2.55. The summed E-state index contributed by atoms with van der Waals surface area (Å²) in [6.07, 6.45) is 8.44. The molecule has 118 valence electrons. The largest absolute Gasteiger partial charge is 0.315 e. The number of likely N-dealkylation sites (N-methyl/N-ethyl adjacent to an activating group) is 3. The zero-order valence-corrected chi connectivity index (χ0v) is 14.1. The average Bonchev–Trinajstić information content (AvgIpc) is 2.62. The molecule has 2 atom stereocenters. The Bertz CT molecular complexity index is 273. The van der Waals surface area contributed by atoms with E-state index >= 15 is 0 Å². The van der Waals surface area contributed by atoms with Gasteiger partial charge in [0.1, 0.15) is 0 Å². The second kappa shape index (κ2) is 7.77. The lowest BCUT2D eigenvalue weighted by molar-refractivity contribution is 0.120. The van der Waals surface area contributed by atoms with Crippen molar-refractivity contribution in [1.29, 1.82) is 0 Å². The molecule has 3 heteroatoms. The first kappa shape index (κ1) is 16.3. The quantitative estimate of drug-likeness (QED) is 0.854. The van der Waals surface area contributed by atoms with Gasteiger partial charge in [0.15, 0.2) is 0 Å². The summed E-state index contributed by atoms with van der Waals surface area (Å²) in [4.78, 5) is 5.13. The molecule has 1 saturated carbocycles. The Morgan fingerprint density at radius 2 is 1.80 bits per heavy atom. The van der Waals surface area contributed by atoms with Gasteiger partial charge in [-0.15, -0.1) is 0 Å². The molecule has 0 bridgehead atoms. The maximum absolute atomic E-state index is 3.68. The van der Waals surface area contributed by atoms with E-state index in [1.54, 1.807) is 0 Å².